The molecule has 14 heavy (non-hydrogen) atoms. The van der Waals surface area contributed by atoms with Gasteiger partial charge in [-0.15, -0.1) is 0 Å². The molecule has 1 rings (SSSR count). The van der Waals surface area contributed by atoms with Crippen molar-refractivity contribution < 1.29 is 14.4 Å². The van der Waals surface area contributed by atoms with Gasteiger partial charge in [-0.25, -0.2) is 4.39 Å². The molecule has 2 nitrogen and oxygen atoms in total. The molecule has 0 aliphatic rings. The molecule has 0 saturated carbocycles. The normalized spacial score (nSPS) is 10.8. The zero-order chi connectivity index (χ0) is 10.9. The van der Waals surface area contributed by atoms with E-state index in [1.807, 2.05) is 13.8 Å². The molecule has 0 amide bonds. The lowest BCUT2D eigenvalue weighted by atomic mass is 9.78. The van der Waals surface area contributed by atoms with Crippen LogP contribution < -0.4 is 5.46 Å². The fourth-order valence-electron chi connectivity index (χ4n) is 1.22. The predicted molar refractivity (Wildman–Crippen MR) is 55.3 cm³/mol. The average molecular weight is 216 g/mol. The zero-order valence-electron chi connectivity index (χ0n) is 7.96. The maximum Gasteiger partial charge on any atom is 0.489 e. The van der Waals surface area contributed by atoms with Gasteiger partial charge in [0.05, 0.1) is 0 Å². The molecule has 0 unspecified atom stereocenters. The second-order valence-electron chi connectivity index (χ2n) is 3.42. The number of hydrogen-bond acceptors (Lipinski definition) is 2. The minimum absolute atomic E-state index is 0.0234. The minimum atomic E-state index is -1.67. The second-order valence-corrected chi connectivity index (χ2v) is 3.83. The van der Waals surface area contributed by atoms with E-state index in [2.05, 4.69) is 0 Å². The van der Waals surface area contributed by atoms with Crippen molar-refractivity contribution in [2.45, 2.75) is 19.8 Å². The van der Waals surface area contributed by atoms with Crippen LogP contribution >= 0.6 is 11.6 Å². The van der Waals surface area contributed by atoms with Gasteiger partial charge in [0.15, 0.2) is 0 Å². The summed E-state index contributed by atoms with van der Waals surface area (Å²) in [6, 6.07) is 2.48. The van der Waals surface area contributed by atoms with Gasteiger partial charge in [0.2, 0.25) is 0 Å². The van der Waals surface area contributed by atoms with Crippen molar-refractivity contribution in [2.24, 2.45) is 0 Å². The van der Waals surface area contributed by atoms with E-state index in [4.69, 9.17) is 21.6 Å². The third kappa shape index (κ3) is 2.26. The van der Waals surface area contributed by atoms with Crippen LogP contribution in [0.3, 0.4) is 0 Å². The molecule has 0 radical (unpaired) electrons. The Kier molecular flexibility index (Phi) is 3.53. The summed E-state index contributed by atoms with van der Waals surface area (Å²) in [6.07, 6.45) is 0. The van der Waals surface area contributed by atoms with Crippen LogP contribution in [0.4, 0.5) is 4.39 Å². The third-order valence-electron chi connectivity index (χ3n) is 2.02. The highest BCUT2D eigenvalue weighted by molar-refractivity contribution is 6.62. The van der Waals surface area contributed by atoms with Gasteiger partial charge >= 0.3 is 7.12 Å². The van der Waals surface area contributed by atoms with E-state index >= 15 is 0 Å². The largest absolute Gasteiger partial charge is 0.489 e. The molecule has 0 atom stereocenters. The van der Waals surface area contributed by atoms with Crippen LogP contribution in [-0.2, 0) is 0 Å². The van der Waals surface area contributed by atoms with Gasteiger partial charge < -0.3 is 10.0 Å². The Morgan fingerprint density at radius 2 is 1.93 bits per heavy atom. The van der Waals surface area contributed by atoms with Gasteiger partial charge in [-0.05, 0) is 17.5 Å². The molecule has 0 saturated heterocycles. The monoisotopic (exact) mass is 216 g/mol. The van der Waals surface area contributed by atoms with Gasteiger partial charge in [-0.2, -0.15) is 0 Å². The zero-order valence-corrected chi connectivity index (χ0v) is 8.72. The number of rotatable bonds is 2. The molecule has 2 N–H and O–H groups in total. The second kappa shape index (κ2) is 4.30. The highest BCUT2D eigenvalue weighted by atomic mass is 35.5. The van der Waals surface area contributed by atoms with Crippen LogP contribution in [0.5, 0.6) is 0 Å². The lowest BCUT2D eigenvalue weighted by molar-refractivity contribution is 0.425. The van der Waals surface area contributed by atoms with Gasteiger partial charge in [0.25, 0.3) is 0 Å². The molecule has 5 heteroatoms. The maximum absolute atomic E-state index is 13.3. The average Bonchev–Trinajstić information content (AvgIpc) is 2.02. The Morgan fingerprint density at radius 1 is 1.36 bits per heavy atom. The Bertz CT molecular complexity index is 313. The van der Waals surface area contributed by atoms with E-state index in [0.717, 1.165) is 6.07 Å². The SMILES string of the molecule is CC(C)c1cc(B(O)O)c(Cl)cc1F. The van der Waals surface area contributed by atoms with Crippen molar-refractivity contribution >= 4 is 24.2 Å². The lowest BCUT2D eigenvalue weighted by Crippen LogP contribution is -2.31. The van der Waals surface area contributed by atoms with Crippen molar-refractivity contribution in [1.82, 2.24) is 0 Å². The summed E-state index contributed by atoms with van der Waals surface area (Å²) in [6.45, 7) is 3.64. The molecular weight excluding hydrogens is 205 g/mol. The fourth-order valence-corrected chi connectivity index (χ4v) is 1.47. The smallest absolute Gasteiger partial charge is 0.423 e. The molecule has 76 valence electrons. The third-order valence-corrected chi connectivity index (χ3v) is 2.34. The summed E-state index contributed by atoms with van der Waals surface area (Å²) < 4.78 is 13.3. The van der Waals surface area contributed by atoms with Crippen molar-refractivity contribution in [2.75, 3.05) is 0 Å². The van der Waals surface area contributed by atoms with Gasteiger partial charge in [-0.3, -0.25) is 0 Å². The molecule has 0 heterocycles. The molecule has 0 aromatic heterocycles. The van der Waals surface area contributed by atoms with Gasteiger partial charge in [0, 0.05) is 10.5 Å². The quantitative estimate of drug-likeness (QED) is 0.731. The Hall–Kier alpha value is -0.575. The first-order valence-corrected chi connectivity index (χ1v) is 4.66. The summed E-state index contributed by atoms with van der Waals surface area (Å²) >= 11 is 5.64. The summed E-state index contributed by atoms with van der Waals surface area (Å²) in [7, 11) is -1.67. The Balaban J connectivity index is 3.27. The standard InChI is InChI=1S/C9H11BClFO2/c1-5(2)6-3-7(10(13)14)8(11)4-9(6)12/h3-5,13-14H,1-2H3. The summed E-state index contributed by atoms with van der Waals surface area (Å²) in [4.78, 5) is 0. The minimum Gasteiger partial charge on any atom is -0.423 e. The lowest BCUT2D eigenvalue weighted by Gasteiger charge is -2.10. The van der Waals surface area contributed by atoms with Crippen LogP contribution in [0, 0.1) is 5.82 Å². The number of hydrogen-bond donors (Lipinski definition) is 2. The highest BCUT2D eigenvalue weighted by Gasteiger charge is 2.19. The van der Waals surface area contributed by atoms with Crippen LogP contribution in [0.15, 0.2) is 12.1 Å². The number of halogens is 2. The molecule has 1 aromatic rings. The first-order chi connectivity index (χ1) is 6.43. The van der Waals surface area contributed by atoms with Gasteiger partial charge in [-0.1, -0.05) is 31.5 Å². The topological polar surface area (TPSA) is 40.5 Å². The molecule has 0 bridgehead atoms. The van der Waals surface area contributed by atoms with Crippen molar-refractivity contribution in [3.05, 3.63) is 28.5 Å². The summed E-state index contributed by atoms with van der Waals surface area (Å²) in [5.74, 6) is -0.445. The maximum atomic E-state index is 13.3. The van der Waals surface area contributed by atoms with E-state index in [1.165, 1.54) is 6.07 Å². The van der Waals surface area contributed by atoms with E-state index in [1.54, 1.807) is 0 Å². The van der Waals surface area contributed by atoms with Gasteiger partial charge in [0.1, 0.15) is 5.82 Å². The molecular formula is C9H11BClFO2. The first kappa shape index (κ1) is 11.5. The number of benzene rings is 1. The van der Waals surface area contributed by atoms with E-state index in [0.29, 0.717) is 5.56 Å². The van der Waals surface area contributed by atoms with E-state index < -0.39 is 12.9 Å². The Morgan fingerprint density at radius 3 is 2.36 bits per heavy atom. The van der Waals surface area contributed by atoms with Crippen LogP contribution in [0.25, 0.3) is 0 Å². The van der Waals surface area contributed by atoms with E-state index in [9.17, 15) is 4.39 Å². The fraction of sp³-hybridized carbons (Fsp3) is 0.333. The molecule has 0 aliphatic heterocycles. The first-order valence-electron chi connectivity index (χ1n) is 4.28. The molecule has 0 fully saturated rings. The van der Waals surface area contributed by atoms with E-state index in [-0.39, 0.29) is 16.4 Å². The Labute approximate surface area is 87.5 Å². The van der Waals surface area contributed by atoms with Crippen LogP contribution in [0.2, 0.25) is 5.02 Å². The molecule has 0 spiro atoms. The highest BCUT2D eigenvalue weighted by Crippen LogP contribution is 2.20. The van der Waals surface area contributed by atoms with Crippen LogP contribution in [-0.4, -0.2) is 17.2 Å². The predicted octanol–water partition coefficient (Wildman–Crippen LogP) is 1.28. The summed E-state index contributed by atoms with van der Waals surface area (Å²) in [5.41, 5.74) is 0.564. The van der Waals surface area contributed by atoms with Crippen molar-refractivity contribution in [1.29, 1.82) is 0 Å². The summed E-state index contributed by atoms with van der Waals surface area (Å²) in [5, 5.41) is 17.9. The van der Waals surface area contributed by atoms with Crippen molar-refractivity contribution in [3.63, 3.8) is 0 Å². The van der Waals surface area contributed by atoms with Crippen molar-refractivity contribution in [3.8, 4) is 0 Å². The molecule has 1 aromatic carbocycles. The van der Waals surface area contributed by atoms with Crippen LogP contribution in [0.1, 0.15) is 25.3 Å². The molecule has 0 aliphatic carbocycles.